The fourth-order valence-corrected chi connectivity index (χ4v) is 2.09. The molecule has 0 aromatic heterocycles. The molecule has 2 unspecified atom stereocenters. The zero-order valence-corrected chi connectivity index (χ0v) is 10.6. The highest BCUT2D eigenvalue weighted by Crippen LogP contribution is 2.21. The number of nitrogens with two attached hydrogens (primary N) is 1. The third kappa shape index (κ3) is 3.19. The predicted molar refractivity (Wildman–Crippen MR) is 64.5 cm³/mol. The SMILES string of the molecule is CCC(C)(N)C(=O)N1CCCCCC1C(=O)O. The highest BCUT2D eigenvalue weighted by molar-refractivity contribution is 5.89. The van der Waals surface area contributed by atoms with E-state index in [9.17, 15) is 14.7 Å². The maximum absolute atomic E-state index is 12.3. The van der Waals surface area contributed by atoms with Gasteiger partial charge in [0.2, 0.25) is 5.91 Å². The molecule has 1 rings (SSSR count). The molecule has 17 heavy (non-hydrogen) atoms. The summed E-state index contributed by atoms with van der Waals surface area (Å²) in [6, 6.07) is -0.709. The predicted octanol–water partition coefficient (Wildman–Crippen LogP) is 0.970. The van der Waals surface area contributed by atoms with Crippen LogP contribution in [-0.4, -0.2) is 40.0 Å². The van der Waals surface area contributed by atoms with Crippen LogP contribution in [0.25, 0.3) is 0 Å². The third-order valence-corrected chi connectivity index (χ3v) is 3.52. The number of carboxylic acid groups (broad SMARTS) is 1. The van der Waals surface area contributed by atoms with Crippen molar-refractivity contribution in [1.29, 1.82) is 0 Å². The summed E-state index contributed by atoms with van der Waals surface area (Å²) < 4.78 is 0. The standard InChI is InChI=1S/C12H22N2O3/c1-3-12(2,13)11(17)14-8-6-4-5-7-9(14)10(15)16/h9H,3-8,13H2,1-2H3,(H,15,16). The van der Waals surface area contributed by atoms with E-state index >= 15 is 0 Å². The first-order valence-electron chi connectivity index (χ1n) is 6.23. The van der Waals surface area contributed by atoms with E-state index in [0.717, 1.165) is 19.3 Å². The Labute approximate surface area is 102 Å². The van der Waals surface area contributed by atoms with Crippen molar-refractivity contribution in [3.8, 4) is 0 Å². The Morgan fingerprint density at radius 1 is 1.41 bits per heavy atom. The van der Waals surface area contributed by atoms with Crippen LogP contribution in [-0.2, 0) is 9.59 Å². The molecule has 0 aliphatic carbocycles. The van der Waals surface area contributed by atoms with E-state index in [-0.39, 0.29) is 5.91 Å². The normalized spacial score (nSPS) is 24.9. The van der Waals surface area contributed by atoms with Gasteiger partial charge in [0.05, 0.1) is 5.54 Å². The molecular weight excluding hydrogens is 220 g/mol. The van der Waals surface area contributed by atoms with Crippen molar-refractivity contribution in [3.05, 3.63) is 0 Å². The van der Waals surface area contributed by atoms with Crippen LogP contribution in [0.5, 0.6) is 0 Å². The third-order valence-electron chi connectivity index (χ3n) is 3.52. The van der Waals surface area contributed by atoms with Gasteiger partial charge in [-0.15, -0.1) is 0 Å². The minimum atomic E-state index is -0.960. The lowest BCUT2D eigenvalue weighted by atomic mass is 9.97. The Hall–Kier alpha value is -1.10. The lowest BCUT2D eigenvalue weighted by Crippen LogP contribution is -2.57. The summed E-state index contributed by atoms with van der Waals surface area (Å²) in [6.07, 6.45) is 3.72. The molecule has 5 nitrogen and oxygen atoms in total. The van der Waals surface area contributed by atoms with Gasteiger partial charge >= 0.3 is 5.97 Å². The number of rotatable bonds is 3. The summed E-state index contributed by atoms with van der Waals surface area (Å²) in [6.45, 7) is 4.01. The lowest BCUT2D eigenvalue weighted by molar-refractivity contribution is -0.152. The zero-order chi connectivity index (χ0) is 13.1. The molecule has 0 spiro atoms. The van der Waals surface area contributed by atoms with Gasteiger partial charge in [0, 0.05) is 6.54 Å². The molecule has 98 valence electrons. The Kier molecular flexibility index (Phi) is 4.51. The summed E-state index contributed by atoms with van der Waals surface area (Å²) in [5.41, 5.74) is 4.96. The maximum Gasteiger partial charge on any atom is 0.326 e. The largest absolute Gasteiger partial charge is 0.480 e. The van der Waals surface area contributed by atoms with Gasteiger partial charge in [0.15, 0.2) is 0 Å². The number of amides is 1. The molecule has 5 heteroatoms. The smallest absolute Gasteiger partial charge is 0.326 e. The highest BCUT2D eigenvalue weighted by atomic mass is 16.4. The van der Waals surface area contributed by atoms with Crippen molar-refractivity contribution >= 4 is 11.9 Å². The summed E-state index contributed by atoms with van der Waals surface area (Å²) in [5.74, 6) is -1.17. The van der Waals surface area contributed by atoms with Gasteiger partial charge in [-0.2, -0.15) is 0 Å². The summed E-state index contributed by atoms with van der Waals surface area (Å²) in [5, 5.41) is 9.19. The van der Waals surface area contributed by atoms with E-state index in [4.69, 9.17) is 5.73 Å². The zero-order valence-electron chi connectivity index (χ0n) is 10.6. The van der Waals surface area contributed by atoms with E-state index in [1.54, 1.807) is 6.92 Å². The average Bonchev–Trinajstić information content (AvgIpc) is 2.53. The second-order valence-corrected chi connectivity index (χ2v) is 4.97. The van der Waals surface area contributed by atoms with Gasteiger partial charge in [-0.3, -0.25) is 4.79 Å². The molecule has 2 atom stereocenters. The van der Waals surface area contributed by atoms with Crippen molar-refractivity contribution in [1.82, 2.24) is 4.90 Å². The Balaban J connectivity index is 2.90. The van der Waals surface area contributed by atoms with Crippen LogP contribution in [0.1, 0.15) is 46.0 Å². The molecule has 1 saturated heterocycles. The van der Waals surface area contributed by atoms with Crippen LogP contribution in [0.2, 0.25) is 0 Å². The number of carbonyl (C=O) groups is 2. The first-order valence-corrected chi connectivity index (χ1v) is 6.23. The fourth-order valence-electron chi connectivity index (χ4n) is 2.09. The van der Waals surface area contributed by atoms with Crippen molar-refractivity contribution in [3.63, 3.8) is 0 Å². The first kappa shape index (κ1) is 14.0. The van der Waals surface area contributed by atoms with Crippen LogP contribution in [0.4, 0.5) is 0 Å². The van der Waals surface area contributed by atoms with Crippen molar-refractivity contribution in [2.24, 2.45) is 5.73 Å². The van der Waals surface area contributed by atoms with E-state index < -0.39 is 17.6 Å². The van der Waals surface area contributed by atoms with Crippen molar-refractivity contribution < 1.29 is 14.7 Å². The van der Waals surface area contributed by atoms with Gasteiger partial charge in [-0.25, -0.2) is 4.79 Å². The molecule has 0 bridgehead atoms. The second-order valence-electron chi connectivity index (χ2n) is 4.97. The minimum Gasteiger partial charge on any atom is -0.480 e. The minimum absolute atomic E-state index is 0.241. The van der Waals surface area contributed by atoms with Gasteiger partial charge in [-0.05, 0) is 26.2 Å². The van der Waals surface area contributed by atoms with Gasteiger partial charge < -0.3 is 15.7 Å². The summed E-state index contributed by atoms with van der Waals surface area (Å²) in [7, 11) is 0. The molecule has 3 N–H and O–H groups in total. The van der Waals surface area contributed by atoms with Crippen molar-refractivity contribution in [2.75, 3.05) is 6.54 Å². The lowest BCUT2D eigenvalue weighted by Gasteiger charge is -2.33. The first-order chi connectivity index (χ1) is 7.90. The Bertz CT molecular complexity index is 302. The Morgan fingerprint density at radius 3 is 2.59 bits per heavy atom. The number of hydrogen-bond donors (Lipinski definition) is 2. The van der Waals surface area contributed by atoms with Crippen molar-refractivity contribution in [2.45, 2.75) is 57.5 Å². The Morgan fingerprint density at radius 2 is 2.06 bits per heavy atom. The summed E-state index contributed by atoms with van der Waals surface area (Å²) >= 11 is 0. The van der Waals surface area contributed by atoms with E-state index in [1.165, 1.54) is 4.90 Å². The van der Waals surface area contributed by atoms with Crippen LogP contribution < -0.4 is 5.73 Å². The monoisotopic (exact) mass is 242 g/mol. The number of likely N-dealkylation sites (tertiary alicyclic amines) is 1. The molecule has 1 heterocycles. The number of aliphatic carboxylic acids is 1. The fraction of sp³-hybridized carbons (Fsp3) is 0.833. The van der Waals surface area contributed by atoms with Crippen LogP contribution in [0, 0.1) is 0 Å². The molecular formula is C12H22N2O3. The molecule has 1 amide bonds. The quantitative estimate of drug-likeness (QED) is 0.772. The number of nitrogens with zero attached hydrogens (tertiary/aromatic N) is 1. The van der Waals surface area contributed by atoms with Gasteiger partial charge in [-0.1, -0.05) is 19.8 Å². The highest BCUT2D eigenvalue weighted by Gasteiger charge is 2.37. The van der Waals surface area contributed by atoms with E-state index in [1.807, 2.05) is 6.92 Å². The molecule has 0 aromatic rings. The van der Waals surface area contributed by atoms with Gasteiger partial charge in [0.25, 0.3) is 0 Å². The molecule has 1 aliphatic heterocycles. The van der Waals surface area contributed by atoms with Crippen LogP contribution in [0.3, 0.4) is 0 Å². The number of carbonyl (C=O) groups excluding carboxylic acids is 1. The van der Waals surface area contributed by atoms with E-state index in [0.29, 0.717) is 19.4 Å². The molecule has 1 fully saturated rings. The number of hydrogen-bond acceptors (Lipinski definition) is 3. The molecule has 1 aliphatic rings. The molecule has 0 saturated carbocycles. The average molecular weight is 242 g/mol. The topological polar surface area (TPSA) is 83.6 Å². The van der Waals surface area contributed by atoms with E-state index in [2.05, 4.69) is 0 Å². The van der Waals surface area contributed by atoms with Gasteiger partial charge in [0.1, 0.15) is 6.04 Å². The van der Waals surface area contributed by atoms with Crippen LogP contribution >= 0.6 is 0 Å². The van der Waals surface area contributed by atoms with Crippen LogP contribution in [0.15, 0.2) is 0 Å². The maximum atomic E-state index is 12.3. The molecule has 0 radical (unpaired) electrons. The number of carboxylic acids is 1. The second kappa shape index (κ2) is 5.49. The molecule has 0 aromatic carbocycles. The summed E-state index contributed by atoms with van der Waals surface area (Å²) in [4.78, 5) is 24.9.